The summed E-state index contributed by atoms with van der Waals surface area (Å²) >= 11 is 3.48. The van der Waals surface area contributed by atoms with E-state index >= 15 is 0 Å². The largest absolute Gasteiger partial charge is 0.381 e. The van der Waals surface area contributed by atoms with E-state index in [2.05, 4.69) is 20.8 Å². The Balaban J connectivity index is 1.84. The van der Waals surface area contributed by atoms with Crippen molar-refractivity contribution in [1.29, 1.82) is 0 Å². The summed E-state index contributed by atoms with van der Waals surface area (Å²) in [6.45, 7) is 0. The van der Waals surface area contributed by atoms with Gasteiger partial charge in [0.25, 0.3) is 5.91 Å². The Morgan fingerprint density at radius 1 is 1.26 bits per heavy atom. The molecule has 2 bridgehead atoms. The van der Waals surface area contributed by atoms with Crippen LogP contribution in [0.15, 0.2) is 28.7 Å². The Morgan fingerprint density at radius 2 is 1.89 bits per heavy atom. The molecule has 3 nitrogen and oxygen atoms in total. The number of carbonyl (C=O) groups is 1. The molecule has 0 radical (unpaired) electrons. The zero-order valence-corrected chi connectivity index (χ0v) is 12.6. The van der Waals surface area contributed by atoms with Crippen LogP contribution < -0.4 is 0 Å². The van der Waals surface area contributed by atoms with E-state index in [0.717, 1.165) is 35.7 Å². The fourth-order valence-electron chi connectivity index (χ4n) is 3.42. The third-order valence-corrected chi connectivity index (χ3v) is 5.05. The first-order chi connectivity index (χ1) is 9.20. The maximum absolute atomic E-state index is 12.7. The van der Waals surface area contributed by atoms with E-state index in [4.69, 9.17) is 4.74 Å². The number of halogens is 1. The molecule has 1 aromatic carbocycles. The molecule has 2 heterocycles. The molecule has 102 valence electrons. The van der Waals surface area contributed by atoms with Crippen LogP contribution in [0.2, 0.25) is 0 Å². The van der Waals surface area contributed by atoms with Crippen LogP contribution >= 0.6 is 15.9 Å². The fourth-order valence-corrected chi connectivity index (χ4v) is 3.88. The summed E-state index contributed by atoms with van der Waals surface area (Å²) in [5.41, 5.74) is 0.773. The minimum absolute atomic E-state index is 0.162. The van der Waals surface area contributed by atoms with E-state index in [1.165, 1.54) is 0 Å². The van der Waals surface area contributed by atoms with Crippen LogP contribution in [0.1, 0.15) is 36.0 Å². The molecule has 1 amide bonds. The fraction of sp³-hybridized carbons (Fsp3) is 0.533. The smallest absolute Gasteiger partial charge is 0.255 e. The van der Waals surface area contributed by atoms with Gasteiger partial charge >= 0.3 is 0 Å². The van der Waals surface area contributed by atoms with Crippen molar-refractivity contribution in [3.05, 3.63) is 34.3 Å². The highest BCUT2D eigenvalue weighted by atomic mass is 79.9. The zero-order valence-electron chi connectivity index (χ0n) is 11.0. The molecular weight excluding hydrogens is 306 g/mol. The normalized spacial score (nSPS) is 29.6. The number of methoxy groups -OCH3 is 1. The SMILES string of the molecule is COC1CC2CCC(C1)N2C(=O)c1ccccc1Br. The average molecular weight is 324 g/mol. The molecule has 2 fully saturated rings. The standard InChI is InChI=1S/C15H18BrNO2/c1-19-12-8-10-6-7-11(9-12)17(10)15(18)13-4-2-3-5-14(13)16/h2-5,10-12H,6-9H2,1H3. The van der Waals surface area contributed by atoms with Crippen molar-refractivity contribution in [2.45, 2.75) is 43.9 Å². The van der Waals surface area contributed by atoms with Crippen LogP contribution in [0.5, 0.6) is 0 Å². The van der Waals surface area contributed by atoms with Gasteiger partial charge in [0.2, 0.25) is 0 Å². The third-order valence-electron chi connectivity index (χ3n) is 4.36. The number of piperidine rings is 1. The minimum Gasteiger partial charge on any atom is -0.381 e. The number of benzene rings is 1. The number of rotatable bonds is 2. The summed E-state index contributed by atoms with van der Waals surface area (Å²) in [7, 11) is 1.77. The van der Waals surface area contributed by atoms with Crippen LogP contribution in [-0.2, 0) is 4.74 Å². The van der Waals surface area contributed by atoms with Crippen LogP contribution in [0.25, 0.3) is 0 Å². The second-order valence-corrected chi connectivity index (χ2v) is 6.26. The van der Waals surface area contributed by atoms with Crippen LogP contribution in [-0.4, -0.2) is 36.1 Å². The van der Waals surface area contributed by atoms with Gasteiger partial charge in [-0.05, 0) is 53.7 Å². The summed E-state index contributed by atoms with van der Waals surface area (Å²) in [5, 5.41) is 0. The van der Waals surface area contributed by atoms with Crippen molar-refractivity contribution in [3.8, 4) is 0 Å². The first-order valence-electron chi connectivity index (χ1n) is 6.80. The molecule has 2 unspecified atom stereocenters. The lowest BCUT2D eigenvalue weighted by atomic mass is 9.98. The van der Waals surface area contributed by atoms with Crippen molar-refractivity contribution in [2.24, 2.45) is 0 Å². The second-order valence-electron chi connectivity index (χ2n) is 5.41. The number of nitrogens with zero attached hydrogens (tertiary/aromatic N) is 1. The quantitative estimate of drug-likeness (QED) is 0.836. The van der Waals surface area contributed by atoms with Gasteiger partial charge in [0.05, 0.1) is 11.7 Å². The van der Waals surface area contributed by atoms with Crippen LogP contribution in [0.4, 0.5) is 0 Å². The molecule has 0 N–H and O–H groups in total. The van der Waals surface area contributed by atoms with Gasteiger partial charge in [-0.2, -0.15) is 0 Å². The van der Waals surface area contributed by atoms with E-state index in [1.54, 1.807) is 7.11 Å². The number of hydrogen-bond donors (Lipinski definition) is 0. The number of ether oxygens (including phenoxy) is 1. The third kappa shape index (κ3) is 2.32. The molecule has 4 heteroatoms. The number of hydrogen-bond acceptors (Lipinski definition) is 2. The maximum Gasteiger partial charge on any atom is 0.255 e. The molecule has 19 heavy (non-hydrogen) atoms. The number of carbonyl (C=O) groups excluding carboxylic acids is 1. The predicted octanol–water partition coefficient (Wildman–Crippen LogP) is 3.23. The number of amides is 1. The van der Waals surface area contributed by atoms with E-state index in [0.29, 0.717) is 18.2 Å². The lowest BCUT2D eigenvalue weighted by molar-refractivity contribution is 0.00818. The number of fused-ring (bicyclic) bond motifs is 2. The highest BCUT2D eigenvalue weighted by molar-refractivity contribution is 9.10. The van der Waals surface area contributed by atoms with Gasteiger partial charge in [0.15, 0.2) is 0 Å². The Hall–Kier alpha value is -0.870. The van der Waals surface area contributed by atoms with Crippen molar-refractivity contribution < 1.29 is 9.53 Å². The summed E-state index contributed by atoms with van der Waals surface area (Å²) in [5.74, 6) is 0.162. The summed E-state index contributed by atoms with van der Waals surface area (Å²) in [6.07, 6.45) is 4.49. The molecule has 0 spiro atoms. The highest BCUT2D eigenvalue weighted by Gasteiger charge is 2.43. The van der Waals surface area contributed by atoms with E-state index in [9.17, 15) is 4.79 Å². The average Bonchev–Trinajstić information content (AvgIpc) is 2.69. The van der Waals surface area contributed by atoms with Crippen molar-refractivity contribution in [1.82, 2.24) is 4.90 Å². The summed E-state index contributed by atoms with van der Waals surface area (Å²) in [4.78, 5) is 14.8. The molecule has 2 saturated heterocycles. The highest BCUT2D eigenvalue weighted by Crippen LogP contribution is 2.38. The lowest BCUT2D eigenvalue weighted by Gasteiger charge is -2.38. The van der Waals surface area contributed by atoms with Crippen molar-refractivity contribution >= 4 is 21.8 Å². The zero-order chi connectivity index (χ0) is 13.4. The van der Waals surface area contributed by atoms with Crippen molar-refractivity contribution in [3.63, 3.8) is 0 Å². The monoisotopic (exact) mass is 323 g/mol. The summed E-state index contributed by atoms with van der Waals surface area (Å²) in [6, 6.07) is 8.38. The summed E-state index contributed by atoms with van der Waals surface area (Å²) < 4.78 is 6.36. The molecule has 0 aliphatic carbocycles. The van der Waals surface area contributed by atoms with Gasteiger partial charge in [-0.15, -0.1) is 0 Å². The van der Waals surface area contributed by atoms with Gasteiger partial charge in [-0.1, -0.05) is 12.1 Å². The second kappa shape index (κ2) is 5.25. The predicted molar refractivity (Wildman–Crippen MR) is 77.2 cm³/mol. The van der Waals surface area contributed by atoms with Gasteiger partial charge in [-0.3, -0.25) is 4.79 Å². The molecule has 2 aliphatic rings. The Bertz CT molecular complexity index is 477. The topological polar surface area (TPSA) is 29.5 Å². The van der Waals surface area contributed by atoms with E-state index < -0.39 is 0 Å². The van der Waals surface area contributed by atoms with Gasteiger partial charge in [-0.25, -0.2) is 0 Å². The molecule has 2 aliphatic heterocycles. The Kier molecular flexibility index (Phi) is 3.63. The first kappa shape index (κ1) is 13.1. The minimum atomic E-state index is 0.162. The van der Waals surface area contributed by atoms with Gasteiger partial charge in [0, 0.05) is 23.7 Å². The maximum atomic E-state index is 12.7. The van der Waals surface area contributed by atoms with Gasteiger partial charge in [0.1, 0.15) is 0 Å². The lowest BCUT2D eigenvalue weighted by Crippen LogP contribution is -2.48. The van der Waals surface area contributed by atoms with Gasteiger partial charge < -0.3 is 9.64 Å². The molecule has 0 aromatic heterocycles. The molecule has 2 atom stereocenters. The molecular formula is C15H18BrNO2. The first-order valence-corrected chi connectivity index (χ1v) is 7.60. The van der Waals surface area contributed by atoms with Crippen LogP contribution in [0.3, 0.4) is 0 Å². The van der Waals surface area contributed by atoms with E-state index in [-0.39, 0.29) is 5.91 Å². The Morgan fingerprint density at radius 3 is 2.47 bits per heavy atom. The van der Waals surface area contributed by atoms with E-state index in [1.807, 2.05) is 24.3 Å². The molecule has 1 aromatic rings. The van der Waals surface area contributed by atoms with Crippen molar-refractivity contribution in [2.75, 3.05) is 7.11 Å². The molecule has 0 saturated carbocycles. The Labute approximate surface area is 122 Å². The molecule has 3 rings (SSSR count). The van der Waals surface area contributed by atoms with Crippen LogP contribution in [0, 0.1) is 0 Å².